The molecule has 2 aromatic carbocycles. The van der Waals surface area contributed by atoms with Gasteiger partial charge in [-0.2, -0.15) is 0 Å². The SMILES string of the molecule is CCCOc1cccc([C@@H]2/C(=C(\O)c3ccc4c(c3)C[C@H](C)O4)C(=O)C(=O)N2c2nc(C)c(C(=O)OC)s2)c1. The Balaban J connectivity index is 1.67. The molecule has 1 saturated heterocycles. The van der Waals surface area contributed by atoms with E-state index in [0.717, 1.165) is 29.1 Å². The van der Waals surface area contributed by atoms with E-state index in [1.165, 1.54) is 12.0 Å². The molecule has 1 aromatic heterocycles. The number of benzene rings is 2. The molecule has 3 heterocycles. The number of esters is 1. The Morgan fingerprint density at radius 1 is 1.23 bits per heavy atom. The lowest BCUT2D eigenvalue weighted by atomic mass is 9.94. The summed E-state index contributed by atoms with van der Waals surface area (Å²) in [5.74, 6) is -1.31. The number of anilines is 1. The molecule has 1 amide bonds. The van der Waals surface area contributed by atoms with E-state index in [2.05, 4.69) is 4.98 Å². The molecular formula is C29H28N2O7S. The number of hydrogen-bond acceptors (Lipinski definition) is 9. The van der Waals surface area contributed by atoms with Gasteiger partial charge in [-0.3, -0.25) is 14.5 Å². The molecule has 9 nitrogen and oxygen atoms in total. The lowest BCUT2D eigenvalue weighted by Crippen LogP contribution is -2.29. The standard InChI is InChI=1S/C29H28N2O7S/c1-5-11-37-20-8-6-7-17(14-20)23-22(24(32)18-9-10-21-19(13-18)12-15(2)38-21)25(33)27(34)31(23)29-30-16(3)26(39-29)28(35)36-4/h6-10,13-15,23,32H,5,11-12H2,1-4H3/b24-22+/t15-,23+/m0/s1. The first-order chi connectivity index (χ1) is 18.7. The molecule has 0 spiro atoms. The van der Waals surface area contributed by atoms with Crippen LogP contribution in [0.25, 0.3) is 5.76 Å². The number of aromatic nitrogens is 1. The van der Waals surface area contributed by atoms with E-state index in [9.17, 15) is 19.5 Å². The van der Waals surface area contributed by atoms with Crippen LogP contribution in [-0.2, 0) is 20.7 Å². The van der Waals surface area contributed by atoms with E-state index in [1.54, 1.807) is 49.4 Å². The highest BCUT2D eigenvalue weighted by Gasteiger charge is 2.48. The molecule has 5 rings (SSSR count). The third-order valence-electron chi connectivity index (χ3n) is 6.62. The van der Waals surface area contributed by atoms with Crippen molar-refractivity contribution in [1.82, 2.24) is 4.98 Å². The third kappa shape index (κ3) is 4.76. The summed E-state index contributed by atoms with van der Waals surface area (Å²) in [5.41, 5.74) is 2.15. The number of carbonyl (C=O) groups is 3. The fourth-order valence-electron chi connectivity index (χ4n) is 4.83. The topological polar surface area (TPSA) is 115 Å². The van der Waals surface area contributed by atoms with Gasteiger partial charge in [0, 0.05) is 12.0 Å². The fourth-order valence-corrected chi connectivity index (χ4v) is 5.84. The van der Waals surface area contributed by atoms with Gasteiger partial charge in [0.1, 0.15) is 28.2 Å². The molecule has 0 radical (unpaired) electrons. The molecule has 2 aliphatic heterocycles. The highest BCUT2D eigenvalue weighted by molar-refractivity contribution is 7.17. The fraction of sp³-hybridized carbons (Fsp3) is 0.310. The maximum absolute atomic E-state index is 13.5. The summed E-state index contributed by atoms with van der Waals surface area (Å²) in [4.78, 5) is 45.2. The molecule has 0 saturated carbocycles. The average molecular weight is 549 g/mol. The summed E-state index contributed by atoms with van der Waals surface area (Å²) in [7, 11) is 1.26. The summed E-state index contributed by atoms with van der Waals surface area (Å²) in [6.45, 7) is 6.07. The van der Waals surface area contributed by atoms with Crippen LogP contribution in [-0.4, -0.2) is 47.6 Å². The maximum atomic E-state index is 13.5. The number of carbonyl (C=O) groups excluding carboxylic acids is 3. The Hall–Kier alpha value is -4.18. The molecule has 0 aliphatic carbocycles. The van der Waals surface area contributed by atoms with Crippen molar-refractivity contribution in [3.8, 4) is 11.5 Å². The number of thiazole rings is 1. The van der Waals surface area contributed by atoms with Crippen molar-refractivity contribution in [3.05, 3.63) is 75.3 Å². The predicted octanol–water partition coefficient (Wildman–Crippen LogP) is 4.98. The van der Waals surface area contributed by atoms with E-state index in [1.807, 2.05) is 13.8 Å². The van der Waals surface area contributed by atoms with Crippen LogP contribution in [0.4, 0.5) is 5.13 Å². The van der Waals surface area contributed by atoms with Crippen LogP contribution in [0, 0.1) is 6.92 Å². The minimum absolute atomic E-state index is 0.00554. The Morgan fingerprint density at radius 3 is 2.77 bits per heavy atom. The number of aliphatic hydroxyl groups is 1. The highest BCUT2D eigenvalue weighted by Crippen LogP contribution is 2.45. The van der Waals surface area contributed by atoms with Crippen LogP contribution in [0.5, 0.6) is 11.5 Å². The molecule has 39 heavy (non-hydrogen) atoms. The number of hydrogen-bond donors (Lipinski definition) is 1. The molecule has 0 bridgehead atoms. The number of amides is 1. The van der Waals surface area contributed by atoms with Gasteiger partial charge in [0.15, 0.2) is 5.13 Å². The zero-order valence-electron chi connectivity index (χ0n) is 22.0. The molecular weight excluding hydrogens is 520 g/mol. The average Bonchev–Trinajstić information content (AvgIpc) is 3.58. The van der Waals surface area contributed by atoms with E-state index >= 15 is 0 Å². The lowest BCUT2D eigenvalue weighted by Gasteiger charge is -2.23. The van der Waals surface area contributed by atoms with E-state index in [0.29, 0.717) is 35.6 Å². The number of nitrogens with zero attached hydrogens (tertiary/aromatic N) is 2. The van der Waals surface area contributed by atoms with E-state index in [-0.39, 0.29) is 27.4 Å². The lowest BCUT2D eigenvalue weighted by molar-refractivity contribution is -0.132. The smallest absolute Gasteiger partial charge is 0.350 e. The van der Waals surface area contributed by atoms with Crippen molar-refractivity contribution < 1.29 is 33.7 Å². The van der Waals surface area contributed by atoms with Crippen molar-refractivity contribution in [3.63, 3.8) is 0 Å². The van der Waals surface area contributed by atoms with Crippen LogP contribution in [0.1, 0.15) is 58.4 Å². The maximum Gasteiger partial charge on any atom is 0.350 e. The van der Waals surface area contributed by atoms with Gasteiger partial charge >= 0.3 is 11.9 Å². The minimum atomic E-state index is -1.00. The third-order valence-corrected chi connectivity index (χ3v) is 7.76. The Labute approximate surface area is 229 Å². The first-order valence-electron chi connectivity index (χ1n) is 12.6. The predicted molar refractivity (Wildman–Crippen MR) is 145 cm³/mol. The summed E-state index contributed by atoms with van der Waals surface area (Å²) in [6, 6.07) is 11.3. The zero-order chi connectivity index (χ0) is 27.8. The number of rotatable bonds is 7. The van der Waals surface area contributed by atoms with Gasteiger partial charge in [0.25, 0.3) is 5.78 Å². The first-order valence-corrected chi connectivity index (χ1v) is 13.4. The molecule has 10 heteroatoms. The van der Waals surface area contributed by atoms with Crippen molar-refractivity contribution in [2.75, 3.05) is 18.6 Å². The molecule has 1 fully saturated rings. The van der Waals surface area contributed by atoms with Gasteiger partial charge in [0.2, 0.25) is 0 Å². The number of aryl methyl sites for hydroxylation is 1. The Morgan fingerprint density at radius 2 is 2.03 bits per heavy atom. The molecule has 0 unspecified atom stereocenters. The largest absolute Gasteiger partial charge is 0.507 e. The minimum Gasteiger partial charge on any atom is -0.507 e. The number of ether oxygens (including phenoxy) is 3. The van der Waals surface area contributed by atoms with Gasteiger partial charge in [-0.25, -0.2) is 9.78 Å². The van der Waals surface area contributed by atoms with Crippen molar-refractivity contribution in [2.45, 2.75) is 45.8 Å². The molecule has 1 N–H and O–H groups in total. The second kappa shape index (κ2) is 10.5. The number of methoxy groups -OCH3 is 1. The summed E-state index contributed by atoms with van der Waals surface area (Å²) in [5, 5.41) is 11.7. The van der Waals surface area contributed by atoms with Crippen LogP contribution < -0.4 is 14.4 Å². The van der Waals surface area contributed by atoms with Gasteiger partial charge in [-0.15, -0.1) is 0 Å². The number of ketones is 1. The molecule has 3 aromatic rings. The quantitative estimate of drug-likeness (QED) is 0.190. The van der Waals surface area contributed by atoms with Crippen molar-refractivity contribution >= 4 is 39.9 Å². The van der Waals surface area contributed by atoms with E-state index in [4.69, 9.17) is 14.2 Å². The van der Waals surface area contributed by atoms with Gasteiger partial charge in [-0.05, 0) is 61.7 Å². The second-order valence-corrected chi connectivity index (χ2v) is 10.4. The number of Topliss-reactive ketones (excluding diaryl/α,β-unsaturated/α-hetero) is 1. The Bertz CT molecular complexity index is 1510. The first kappa shape index (κ1) is 26.4. The van der Waals surface area contributed by atoms with Gasteiger partial charge in [-0.1, -0.05) is 30.4 Å². The summed E-state index contributed by atoms with van der Waals surface area (Å²) < 4.78 is 16.4. The zero-order valence-corrected chi connectivity index (χ0v) is 22.8. The van der Waals surface area contributed by atoms with Crippen LogP contribution in [0.3, 0.4) is 0 Å². The van der Waals surface area contributed by atoms with Gasteiger partial charge < -0.3 is 19.3 Å². The monoisotopic (exact) mass is 548 g/mol. The second-order valence-electron chi connectivity index (χ2n) is 9.45. The van der Waals surface area contributed by atoms with Crippen LogP contribution in [0.15, 0.2) is 48.0 Å². The normalized spacial score (nSPS) is 19.6. The molecule has 202 valence electrons. The highest BCUT2D eigenvalue weighted by atomic mass is 32.1. The summed E-state index contributed by atoms with van der Waals surface area (Å²) in [6.07, 6.45) is 1.48. The number of aliphatic hydroxyl groups excluding tert-OH is 1. The van der Waals surface area contributed by atoms with E-state index < -0.39 is 23.7 Å². The van der Waals surface area contributed by atoms with Gasteiger partial charge in [0.05, 0.1) is 31.0 Å². The van der Waals surface area contributed by atoms with Crippen LogP contribution in [0.2, 0.25) is 0 Å². The van der Waals surface area contributed by atoms with Crippen LogP contribution >= 0.6 is 11.3 Å². The molecule has 2 aliphatic rings. The summed E-state index contributed by atoms with van der Waals surface area (Å²) >= 11 is 0.953. The Kier molecular flexibility index (Phi) is 7.14. The van der Waals surface area contributed by atoms with Crippen molar-refractivity contribution in [2.24, 2.45) is 0 Å². The molecule has 2 atom stereocenters. The number of fused-ring (bicyclic) bond motifs is 1. The van der Waals surface area contributed by atoms with Crippen molar-refractivity contribution in [1.29, 1.82) is 0 Å².